The van der Waals surface area contributed by atoms with Gasteiger partial charge in [0.1, 0.15) is 0 Å². The predicted molar refractivity (Wildman–Crippen MR) is 69.6 cm³/mol. The summed E-state index contributed by atoms with van der Waals surface area (Å²) in [6.07, 6.45) is 4.00. The van der Waals surface area contributed by atoms with Gasteiger partial charge >= 0.3 is 0 Å². The van der Waals surface area contributed by atoms with E-state index in [1.54, 1.807) is 0 Å². The van der Waals surface area contributed by atoms with Crippen molar-refractivity contribution in [2.24, 2.45) is 11.8 Å². The van der Waals surface area contributed by atoms with Crippen molar-refractivity contribution in [3.8, 4) is 0 Å². The molecule has 17 heavy (non-hydrogen) atoms. The van der Waals surface area contributed by atoms with Crippen molar-refractivity contribution in [1.82, 2.24) is 5.32 Å². The SMILES string of the molecule is C=C(C)[C@H]1CC[C@@H](C(=O)NC(C)(C)CO)CC1. The standard InChI is InChI=1S/C14H25NO2/c1-10(2)11-5-7-12(8-6-11)13(17)15-14(3,4)9-16/h11-12,16H,1,5-9H2,2-4H3,(H,15,17)/t11-,12+. The molecular weight excluding hydrogens is 214 g/mol. The molecule has 0 saturated heterocycles. The van der Waals surface area contributed by atoms with Crippen molar-refractivity contribution in [3.05, 3.63) is 12.2 Å². The van der Waals surface area contributed by atoms with Crippen LogP contribution in [0.2, 0.25) is 0 Å². The minimum atomic E-state index is -0.512. The molecule has 1 fully saturated rings. The monoisotopic (exact) mass is 239 g/mol. The highest BCUT2D eigenvalue weighted by molar-refractivity contribution is 5.79. The molecule has 0 unspecified atom stereocenters. The third-order valence-corrected chi connectivity index (χ3v) is 3.65. The Balaban J connectivity index is 2.44. The molecule has 0 aliphatic heterocycles. The van der Waals surface area contributed by atoms with E-state index in [0.29, 0.717) is 5.92 Å². The molecule has 0 bridgehead atoms. The summed E-state index contributed by atoms with van der Waals surface area (Å²) < 4.78 is 0. The van der Waals surface area contributed by atoms with Gasteiger partial charge in [-0.2, -0.15) is 0 Å². The van der Waals surface area contributed by atoms with Gasteiger partial charge in [-0.25, -0.2) is 0 Å². The minimum Gasteiger partial charge on any atom is -0.394 e. The summed E-state index contributed by atoms with van der Waals surface area (Å²) in [4.78, 5) is 12.0. The van der Waals surface area contributed by atoms with Crippen LogP contribution in [0, 0.1) is 11.8 Å². The Hall–Kier alpha value is -0.830. The summed E-state index contributed by atoms with van der Waals surface area (Å²) in [6.45, 7) is 9.70. The third kappa shape index (κ3) is 4.15. The normalized spacial score (nSPS) is 25.4. The molecule has 0 heterocycles. The van der Waals surface area contributed by atoms with Crippen molar-refractivity contribution in [3.63, 3.8) is 0 Å². The van der Waals surface area contributed by atoms with Crippen molar-refractivity contribution in [2.75, 3.05) is 6.61 Å². The first-order valence-electron chi connectivity index (χ1n) is 6.44. The lowest BCUT2D eigenvalue weighted by Crippen LogP contribution is -2.49. The largest absolute Gasteiger partial charge is 0.394 e. The van der Waals surface area contributed by atoms with E-state index in [1.165, 1.54) is 5.57 Å². The van der Waals surface area contributed by atoms with E-state index < -0.39 is 5.54 Å². The first-order valence-corrected chi connectivity index (χ1v) is 6.44. The van der Waals surface area contributed by atoms with Crippen LogP contribution in [0.1, 0.15) is 46.5 Å². The van der Waals surface area contributed by atoms with Crippen molar-refractivity contribution < 1.29 is 9.90 Å². The molecule has 3 heteroatoms. The Labute approximate surface area is 104 Å². The van der Waals surface area contributed by atoms with Crippen LogP contribution < -0.4 is 5.32 Å². The Morgan fingerprint density at radius 1 is 1.29 bits per heavy atom. The highest BCUT2D eigenvalue weighted by Gasteiger charge is 2.29. The van der Waals surface area contributed by atoms with E-state index in [9.17, 15) is 4.79 Å². The predicted octanol–water partition coefficient (Wildman–Crippen LogP) is 2.26. The van der Waals surface area contributed by atoms with Crippen molar-refractivity contribution >= 4 is 5.91 Å². The maximum atomic E-state index is 12.0. The van der Waals surface area contributed by atoms with Crippen LogP contribution in [0.15, 0.2) is 12.2 Å². The number of hydrogen-bond acceptors (Lipinski definition) is 2. The van der Waals surface area contributed by atoms with Crippen molar-refractivity contribution in [1.29, 1.82) is 0 Å². The maximum Gasteiger partial charge on any atom is 0.223 e. The molecule has 1 rings (SSSR count). The maximum absolute atomic E-state index is 12.0. The number of aliphatic hydroxyl groups is 1. The molecule has 1 aliphatic carbocycles. The second kappa shape index (κ2) is 5.67. The van der Waals surface area contributed by atoms with Gasteiger partial charge in [0, 0.05) is 5.92 Å². The molecular formula is C14H25NO2. The van der Waals surface area contributed by atoms with Gasteiger partial charge < -0.3 is 10.4 Å². The van der Waals surface area contributed by atoms with E-state index in [-0.39, 0.29) is 18.4 Å². The first kappa shape index (κ1) is 14.2. The number of amides is 1. The summed E-state index contributed by atoms with van der Waals surface area (Å²) in [6, 6.07) is 0. The lowest BCUT2D eigenvalue weighted by Gasteiger charge is -2.31. The van der Waals surface area contributed by atoms with E-state index in [0.717, 1.165) is 25.7 Å². The van der Waals surface area contributed by atoms with Crippen molar-refractivity contribution in [2.45, 2.75) is 52.0 Å². The molecule has 0 aromatic rings. The van der Waals surface area contributed by atoms with Crippen LogP contribution >= 0.6 is 0 Å². The molecule has 0 aromatic carbocycles. The number of rotatable bonds is 4. The summed E-state index contributed by atoms with van der Waals surface area (Å²) in [5.41, 5.74) is 0.724. The fraction of sp³-hybridized carbons (Fsp3) is 0.786. The summed E-state index contributed by atoms with van der Waals surface area (Å²) in [7, 11) is 0. The van der Waals surface area contributed by atoms with Crippen LogP contribution in [0.5, 0.6) is 0 Å². The molecule has 1 amide bonds. The second-order valence-corrected chi connectivity index (χ2v) is 5.93. The molecule has 0 aromatic heterocycles. The zero-order valence-corrected chi connectivity index (χ0v) is 11.3. The van der Waals surface area contributed by atoms with Crippen LogP contribution in [0.4, 0.5) is 0 Å². The van der Waals surface area contributed by atoms with E-state index in [4.69, 9.17) is 5.11 Å². The van der Waals surface area contributed by atoms with Crippen LogP contribution in [-0.4, -0.2) is 23.2 Å². The molecule has 1 aliphatic rings. The minimum absolute atomic E-state index is 0.0279. The van der Waals surface area contributed by atoms with E-state index >= 15 is 0 Å². The van der Waals surface area contributed by atoms with E-state index in [1.807, 2.05) is 13.8 Å². The average molecular weight is 239 g/mol. The Bertz CT molecular complexity index is 289. The first-order chi connectivity index (χ1) is 7.85. The molecule has 0 radical (unpaired) electrons. The highest BCUT2D eigenvalue weighted by atomic mass is 16.3. The number of carbonyl (C=O) groups excluding carboxylic acids is 1. The number of hydrogen-bond donors (Lipinski definition) is 2. The summed E-state index contributed by atoms with van der Waals surface area (Å²) in [5, 5.41) is 12.0. The Morgan fingerprint density at radius 3 is 2.18 bits per heavy atom. The number of nitrogens with one attached hydrogen (secondary N) is 1. The topological polar surface area (TPSA) is 49.3 Å². The fourth-order valence-electron chi connectivity index (χ4n) is 2.32. The number of carbonyl (C=O) groups is 1. The van der Waals surface area contributed by atoms with Gasteiger partial charge in [0.2, 0.25) is 5.91 Å². The van der Waals surface area contributed by atoms with Gasteiger partial charge in [0.15, 0.2) is 0 Å². The second-order valence-electron chi connectivity index (χ2n) is 5.93. The summed E-state index contributed by atoms with van der Waals surface area (Å²) in [5.74, 6) is 0.783. The van der Waals surface area contributed by atoms with Gasteiger partial charge in [-0.3, -0.25) is 4.79 Å². The Morgan fingerprint density at radius 2 is 1.76 bits per heavy atom. The third-order valence-electron chi connectivity index (χ3n) is 3.65. The van der Waals surface area contributed by atoms with Crippen LogP contribution in [0.3, 0.4) is 0 Å². The zero-order chi connectivity index (χ0) is 13.1. The quantitative estimate of drug-likeness (QED) is 0.739. The average Bonchev–Trinajstić information content (AvgIpc) is 2.28. The summed E-state index contributed by atoms with van der Waals surface area (Å²) >= 11 is 0. The lowest BCUT2D eigenvalue weighted by atomic mass is 9.78. The number of aliphatic hydroxyl groups excluding tert-OH is 1. The van der Waals surface area contributed by atoms with Gasteiger partial charge in [-0.15, -0.1) is 0 Å². The zero-order valence-electron chi connectivity index (χ0n) is 11.3. The molecule has 98 valence electrons. The molecule has 0 spiro atoms. The lowest BCUT2D eigenvalue weighted by molar-refractivity contribution is -0.128. The molecule has 1 saturated carbocycles. The van der Waals surface area contributed by atoms with Gasteiger partial charge in [-0.05, 0) is 52.4 Å². The van der Waals surface area contributed by atoms with Gasteiger partial charge in [0.05, 0.1) is 12.1 Å². The van der Waals surface area contributed by atoms with Gasteiger partial charge in [0.25, 0.3) is 0 Å². The molecule has 3 nitrogen and oxygen atoms in total. The fourth-order valence-corrected chi connectivity index (χ4v) is 2.32. The van der Waals surface area contributed by atoms with E-state index in [2.05, 4.69) is 18.8 Å². The molecule has 2 N–H and O–H groups in total. The highest BCUT2D eigenvalue weighted by Crippen LogP contribution is 2.32. The number of allylic oxidation sites excluding steroid dienone is 1. The molecule has 0 atom stereocenters. The Kier molecular flexibility index (Phi) is 4.75. The van der Waals surface area contributed by atoms with Crippen LogP contribution in [0.25, 0.3) is 0 Å². The smallest absolute Gasteiger partial charge is 0.223 e. The van der Waals surface area contributed by atoms with Gasteiger partial charge in [-0.1, -0.05) is 12.2 Å². The van der Waals surface area contributed by atoms with Crippen LogP contribution in [-0.2, 0) is 4.79 Å².